The van der Waals surface area contributed by atoms with Gasteiger partial charge in [-0.2, -0.15) is 4.80 Å². The van der Waals surface area contributed by atoms with Crippen molar-refractivity contribution in [2.24, 2.45) is 5.73 Å². The van der Waals surface area contributed by atoms with E-state index in [4.69, 9.17) is 17.3 Å². The van der Waals surface area contributed by atoms with Crippen LogP contribution in [0.2, 0.25) is 5.02 Å². The number of hydrogen-bond acceptors (Lipinski definition) is 5. The molecule has 2 N–H and O–H groups in total. The monoisotopic (exact) mass is 341 g/mol. The highest BCUT2D eigenvalue weighted by atomic mass is 35.5. The Morgan fingerprint density at radius 3 is 2.25 bits per heavy atom. The molecular weight excluding hydrogens is 330 g/mol. The third-order valence-corrected chi connectivity index (χ3v) is 3.58. The number of Topliss-reactive ketones (excluding diaryl/α,β-unsaturated/α-hetero) is 1. The molecule has 0 spiro atoms. The van der Waals surface area contributed by atoms with E-state index in [0.717, 1.165) is 0 Å². The van der Waals surface area contributed by atoms with Crippen molar-refractivity contribution in [2.75, 3.05) is 0 Å². The second kappa shape index (κ2) is 6.59. The molecule has 7 nitrogen and oxygen atoms in total. The SMILES string of the molecule is NC(=O)c1ccc(-c2nnn(CC(=O)c3ccc(Cl)cc3)n2)cc1. The van der Waals surface area contributed by atoms with Gasteiger partial charge >= 0.3 is 0 Å². The highest BCUT2D eigenvalue weighted by Crippen LogP contribution is 2.15. The van der Waals surface area contributed by atoms with Crippen molar-refractivity contribution in [1.82, 2.24) is 20.2 Å². The summed E-state index contributed by atoms with van der Waals surface area (Å²) in [5.74, 6) is -0.304. The standard InChI is InChI=1S/C16H12ClN5O2/c17-13-7-5-10(6-8-13)14(23)9-22-20-16(19-21-22)12-3-1-11(2-4-12)15(18)24/h1-8H,9H2,(H2,18,24). The Bertz CT molecular complexity index is 888. The van der Waals surface area contributed by atoms with Crippen LogP contribution in [0.25, 0.3) is 11.4 Å². The number of tetrazole rings is 1. The van der Waals surface area contributed by atoms with Crippen LogP contribution in [0.5, 0.6) is 0 Å². The fraction of sp³-hybridized carbons (Fsp3) is 0.0625. The normalized spacial score (nSPS) is 10.5. The minimum atomic E-state index is -0.508. The third-order valence-electron chi connectivity index (χ3n) is 3.33. The lowest BCUT2D eigenvalue weighted by atomic mass is 10.1. The van der Waals surface area contributed by atoms with Crippen molar-refractivity contribution in [3.8, 4) is 11.4 Å². The maximum Gasteiger partial charge on any atom is 0.248 e. The second-order valence-electron chi connectivity index (χ2n) is 5.02. The number of rotatable bonds is 5. The average Bonchev–Trinajstić information content (AvgIpc) is 3.04. The smallest absolute Gasteiger partial charge is 0.248 e. The molecule has 24 heavy (non-hydrogen) atoms. The largest absolute Gasteiger partial charge is 0.366 e. The number of benzene rings is 2. The van der Waals surface area contributed by atoms with Gasteiger partial charge in [0.15, 0.2) is 5.78 Å². The average molecular weight is 342 g/mol. The maximum absolute atomic E-state index is 12.2. The first kappa shape index (κ1) is 15.8. The van der Waals surface area contributed by atoms with Crippen LogP contribution < -0.4 is 5.73 Å². The number of amides is 1. The van der Waals surface area contributed by atoms with Crippen LogP contribution in [0.3, 0.4) is 0 Å². The van der Waals surface area contributed by atoms with Gasteiger partial charge in [0.2, 0.25) is 11.7 Å². The molecule has 0 radical (unpaired) electrons. The summed E-state index contributed by atoms with van der Waals surface area (Å²) in [4.78, 5) is 24.4. The number of nitrogens with zero attached hydrogens (tertiary/aromatic N) is 4. The summed E-state index contributed by atoms with van der Waals surface area (Å²) in [6.07, 6.45) is 0. The van der Waals surface area contributed by atoms with Gasteiger partial charge in [0.1, 0.15) is 6.54 Å². The Hall–Kier alpha value is -3.06. The van der Waals surface area contributed by atoms with E-state index in [2.05, 4.69) is 15.4 Å². The fourth-order valence-corrected chi connectivity index (χ4v) is 2.19. The summed E-state index contributed by atoms with van der Waals surface area (Å²) in [6.45, 7) is -0.0337. The number of hydrogen-bond donors (Lipinski definition) is 1. The van der Waals surface area contributed by atoms with E-state index in [0.29, 0.717) is 27.5 Å². The summed E-state index contributed by atoms with van der Waals surface area (Å²) in [7, 11) is 0. The van der Waals surface area contributed by atoms with Crippen molar-refractivity contribution in [1.29, 1.82) is 0 Å². The van der Waals surface area contributed by atoms with Crippen LogP contribution in [0.1, 0.15) is 20.7 Å². The molecule has 3 rings (SSSR count). The molecule has 1 heterocycles. The van der Waals surface area contributed by atoms with Crippen LogP contribution in [0, 0.1) is 0 Å². The van der Waals surface area contributed by atoms with Gasteiger partial charge in [0, 0.05) is 21.7 Å². The number of nitrogens with two attached hydrogens (primary N) is 1. The first-order valence-corrected chi connectivity index (χ1v) is 7.37. The second-order valence-corrected chi connectivity index (χ2v) is 5.45. The van der Waals surface area contributed by atoms with Crippen LogP contribution in [-0.2, 0) is 6.54 Å². The molecule has 0 aliphatic carbocycles. The Labute approximate surface area is 142 Å². The predicted molar refractivity (Wildman–Crippen MR) is 87.6 cm³/mol. The summed E-state index contributed by atoms with van der Waals surface area (Å²) in [5.41, 5.74) is 6.78. The van der Waals surface area contributed by atoms with Crippen LogP contribution in [0.15, 0.2) is 48.5 Å². The summed E-state index contributed by atoms with van der Waals surface area (Å²) < 4.78 is 0. The molecule has 0 atom stereocenters. The topological polar surface area (TPSA) is 104 Å². The maximum atomic E-state index is 12.2. The van der Waals surface area contributed by atoms with Crippen LogP contribution in [0.4, 0.5) is 0 Å². The molecule has 0 fully saturated rings. The molecule has 1 aromatic heterocycles. The zero-order chi connectivity index (χ0) is 17.1. The number of ketones is 1. The molecule has 0 saturated carbocycles. The fourth-order valence-electron chi connectivity index (χ4n) is 2.06. The van der Waals surface area contributed by atoms with E-state index in [-0.39, 0.29) is 12.3 Å². The van der Waals surface area contributed by atoms with Crippen molar-refractivity contribution in [2.45, 2.75) is 6.54 Å². The molecule has 0 aliphatic rings. The lowest BCUT2D eigenvalue weighted by Gasteiger charge is -2.00. The number of halogens is 1. The Kier molecular flexibility index (Phi) is 4.35. The van der Waals surface area contributed by atoms with Gasteiger partial charge in [0.05, 0.1) is 0 Å². The van der Waals surface area contributed by atoms with Gasteiger partial charge in [-0.3, -0.25) is 9.59 Å². The summed E-state index contributed by atoms with van der Waals surface area (Å²) in [5, 5.41) is 12.5. The molecule has 120 valence electrons. The molecule has 0 unspecified atom stereocenters. The van der Waals surface area contributed by atoms with Gasteiger partial charge in [-0.25, -0.2) is 0 Å². The van der Waals surface area contributed by atoms with Gasteiger partial charge < -0.3 is 5.73 Å². The quantitative estimate of drug-likeness (QED) is 0.714. The Morgan fingerprint density at radius 1 is 1.00 bits per heavy atom. The molecule has 0 aliphatic heterocycles. The van der Waals surface area contributed by atoms with E-state index < -0.39 is 5.91 Å². The number of carbonyl (C=O) groups is 2. The molecule has 1 amide bonds. The van der Waals surface area contributed by atoms with Gasteiger partial charge in [0.25, 0.3) is 0 Å². The number of primary amides is 1. The summed E-state index contributed by atoms with van der Waals surface area (Å²) in [6, 6.07) is 13.1. The molecule has 2 aromatic carbocycles. The van der Waals surface area contributed by atoms with E-state index in [1.54, 1.807) is 48.5 Å². The van der Waals surface area contributed by atoms with Gasteiger partial charge in [-0.05, 0) is 41.6 Å². The number of carbonyl (C=O) groups excluding carboxylic acids is 2. The molecule has 0 bridgehead atoms. The summed E-state index contributed by atoms with van der Waals surface area (Å²) >= 11 is 5.80. The molecule has 3 aromatic rings. The zero-order valence-electron chi connectivity index (χ0n) is 12.4. The van der Waals surface area contributed by atoms with E-state index >= 15 is 0 Å². The molecular formula is C16H12ClN5O2. The molecule has 0 saturated heterocycles. The first-order valence-electron chi connectivity index (χ1n) is 7.00. The highest BCUT2D eigenvalue weighted by molar-refractivity contribution is 6.30. The minimum Gasteiger partial charge on any atom is -0.366 e. The Morgan fingerprint density at radius 2 is 1.62 bits per heavy atom. The van der Waals surface area contributed by atoms with E-state index in [9.17, 15) is 9.59 Å². The predicted octanol–water partition coefficient (Wildman–Crippen LogP) is 1.98. The third kappa shape index (κ3) is 3.47. The van der Waals surface area contributed by atoms with E-state index in [1.807, 2.05) is 0 Å². The van der Waals surface area contributed by atoms with Gasteiger partial charge in [-0.1, -0.05) is 23.7 Å². The van der Waals surface area contributed by atoms with Crippen molar-refractivity contribution in [3.05, 3.63) is 64.7 Å². The van der Waals surface area contributed by atoms with Gasteiger partial charge in [-0.15, -0.1) is 10.2 Å². The van der Waals surface area contributed by atoms with Crippen molar-refractivity contribution >= 4 is 23.3 Å². The molecule has 8 heteroatoms. The first-order chi connectivity index (χ1) is 11.5. The van der Waals surface area contributed by atoms with Crippen LogP contribution in [-0.4, -0.2) is 31.9 Å². The van der Waals surface area contributed by atoms with Crippen molar-refractivity contribution < 1.29 is 9.59 Å². The lowest BCUT2D eigenvalue weighted by Crippen LogP contribution is -2.13. The van der Waals surface area contributed by atoms with Crippen LogP contribution >= 0.6 is 11.6 Å². The minimum absolute atomic E-state index is 0.0337. The Balaban J connectivity index is 1.74. The zero-order valence-corrected chi connectivity index (χ0v) is 13.1. The number of aromatic nitrogens is 4. The lowest BCUT2D eigenvalue weighted by molar-refractivity contribution is 0.0959. The highest BCUT2D eigenvalue weighted by Gasteiger charge is 2.11. The van der Waals surface area contributed by atoms with E-state index in [1.165, 1.54) is 4.80 Å². The van der Waals surface area contributed by atoms with Crippen molar-refractivity contribution in [3.63, 3.8) is 0 Å².